The highest BCUT2D eigenvalue weighted by atomic mass is 16.4. The molecule has 1 fully saturated rings. The van der Waals surface area contributed by atoms with Gasteiger partial charge >= 0.3 is 11.9 Å². The molecule has 1 saturated heterocycles. The largest absolute Gasteiger partial charge is 0.480 e. The van der Waals surface area contributed by atoms with Gasteiger partial charge in [-0.25, -0.2) is 0 Å². The molecule has 1 heterocycles. The lowest BCUT2D eigenvalue weighted by molar-refractivity contribution is -0.147. The van der Waals surface area contributed by atoms with Crippen molar-refractivity contribution in [3.63, 3.8) is 0 Å². The first-order valence-corrected chi connectivity index (χ1v) is 6.54. The maximum absolute atomic E-state index is 11.4. The molecule has 1 aliphatic rings. The molecule has 0 saturated carbocycles. The van der Waals surface area contributed by atoms with Crippen molar-refractivity contribution in [3.05, 3.63) is 42.0 Å². The van der Waals surface area contributed by atoms with E-state index in [1.165, 1.54) is 4.90 Å². The second kappa shape index (κ2) is 6.34. The fraction of sp³-hybridized carbons (Fsp3) is 0.333. The minimum absolute atomic E-state index is 0.493. The Morgan fingerprint density at radius 3 is 2.55 bits per heavy atom. The predicted molar refractivity (Wildman–Crippen MR) is 74.3 cm³/mol. The highest BCUT2D eigenvalue weighted by Crippen LogP contribution is 2.21. The van der Waals surface area contributed by atoms with Crippen LogP contribution in [0.2, 0.25) is 0 Å². The van der Waals surface area contributed by atoms with Crippen LogP contribution in [0.4, 0.5) is 0 Å². The van der Waals surface area contributed by atoms with Crippen molar-refractivity contribution in [1.29, 1.82) is 0 Å². The van der Waals surface area contributed by atoms with E-state index >= 15 is 0 Å². The average Bonchev–Trinajstić information content (AvgIpc) is 2.89. The molecule has 1 aliphatic heterocycles. The molecule has 2 N–H and O–H groups in total. The van der Waals surface area contributed by atoms with Crippen molar-refractivity contribution in [1.82, 2.24) is 4.90 Å². The molecule has 2 unspecified atom stereocenters. The van der Waals surface area contributed by atoms with E-state index < -0.39 is 24.0 Å². The van der Waals surface area contributed by atoms with Crippen molar-refractivity contribution < 1.29 is 19.8 Å². The van der Waals surface area contributed by atoms with E-state index in [0.717, 1.165) is 5.56 Å². The molecule has 106 valence electrons. The van der Waals surface area contributed by atoms with Gasteiger partial charge in [0.2, 0.25) is 0 Å². The normalized spacial score (nSPS) is 21.1. The number of likely N-dealkylation sites (tertiary alicyclic amines) is 1. The molecule has 5 heteroatoms. The van der Waals surface area contributed by atoms with Gasteiger partial charge in [-0.2, -0.15) is 0 Å². The van der Waals surface area contributed by atoms with E-state index in [0.29, 0.717) is 19.4 Å². The van der Waals surface area contributed by atoms with Crippen LogP contribution >= 0.6 is 0 Å². The number of carboxylic acids is 2. The average molecular weight is 275 g/mol. The summed E-state index contributed by atoms with van der Waals surface area (Å²) in [7, 11) is 0. The standard InChI is InChI=1S/C15H17NO4/c17-14(18)12-7-4-10-16(12)13(15(19)20)9-8-11-5-2-1-3-6-11/h1-3,5-6,8-9,12-13H,4,7,10H2,(H,17,18)(H,19,20)/b9-8+. The minimum atomic E-state index is -1.02. The van der Waals surface area contributed by atoms with Gasteiger partial charge in [0.1, 0.15) is 12.1 Å². The van der Waals surface area contributed by atoms with E-state index in [1.807, 2.05) is 30.3 Å². The van der Waals surface area contributed by atoms with E-state index in [9.17, 15) is 14.7 Å². The molecule has 0 aliphatic carbocycles. The lowest BCUT2D eigenvalue weighted by atomic mass is 10.1. The topological polar surface area (TPSA) is 77.8 Å². The third-order valence-corrected chi connectivity index (χ3v) is 3.46. The van der Waals surface area contributed by atoms with Crippen molar-refractivity contribution in [2.24, 2.45) is 0 Å². The Hall–Kier alpha value is -2.14. The molecule has 2 rings (SSSR count). The molecule has 0 bridgehead atoms. The zero-order valence-electron chi connectivity index (χ0n) is 11.0. The summed E-state index contributed by atoms with van der Waals surface area (Å²) in [6, 6.07) is 7.74. The molecular formula is C15H17NO4. The first-order valence-electron chi connectivity index (χ1n) is 6.54. The fourth-order valence-corrected chi connectivity index (χ4v) is 2.49. The van der Waals surface area contributed by atoms with Gasteiger partial charge in [-0.1, -0.05) is 42.5 Å². The molecule has 5 nitrogen and oxygen atoms in total. The highest BCUT2D eigenvalue weighted by molar-refractivity contribution is 5.80. The molecule has 1 aromatic rings. The summed E-state index contributed by atoms with van der Waals surface area (Å²) in [4.78, 5) is 24.1. The molecule has 0 aromatic heterocycles. The van der Waals surface area contributed by atoms with Crippen LogP contribution in [0.3, 0.4) is 0 Å². The van der Waals surface area contributed by atoms with Gasteiger partial charge in [-0.05, 0) is 18.4 Å². The van der Waals surface area contributed by atoms with Gasteiger partial charge in [0, 0.05) is 6.54 Å². The van der Waals surface area contributed by atoms with Gasteiger partial charge < -0.3 is 10.2 Å². The summed E-state index contributed by atoms with van der Waals surface area (Å²) in [5, 5.41) is 18.5. The first kappa shape index (κ1) is 14.3. The van der Waals surface area contributed by atoms with Crippen LogP contribution in [0.15, 0.2) is 36.4 Å². The van der Waals surface area contributed by atoms with E-state index in [2.05, 4.69) is 0 Å². The molecular weight excluding hydrogens is 258 g/mol. The van der Waals surface area contributed by atoms with Crippen molar-refractivity contribution >= 4 is 18.0 Å². The number of carbonyl (C=O) groups is 2. The quantitative estimate of drug-likeness (QED) is 0.855. The molecule has 20 heavy (non-hydrogen) atoms. The lowest BCUT2D eigenvalue weighted by Crippen LogP contribution is -2.46. The zero-order valence-corrected chi connectivity index (χ0v) is 11.0. The van der Waals surface area contributed by atoms with Crippen LogP contribution < -0.4 is 0 Å². The van der Waals surface area contributed by atoms with Gasteiger partial charge in [-0.3, -0.25) is 14.5 Å². The number of aliphatic carboxylic acids is 2. The summed E-state index contributed by atoms with van der Waals surface area (Å²) in [5.41, 5.74) is 0.893. The van der Waals surface area contributed by atoms with Crippen molar-refractivity contribution in [2.45, 2.75) is 24.9 Å². The summed E-state index contributed by atoms with van der Waals surface area (Å²) in [5.74, 6) is -1.98. The number of nitrogens with zero attached hydrogens (tertiary/aromatic N) is 1. The molecule has 2 atom stereocenters. The molecule has 1 aromatic carbocycles. The van der Waals surface area contributed by atoms with Crippen LogP contribution in [-0.4, -0.2) is 45.7 Å². The summed E-state index contributed by atoms with van der Waals surface area (Å²) in [6.07, 6.45) is 4.48. The number of carboxylic acid groups (broad SMARTS) is 2. The smallest absolute Gasteiger partial charge is 0.324 e. The van der Waals surface area contributed by atoms with Gasteiger partial charge in [0.05, 0.1) is 0 Å². The zero-order chi connectivity index (χ0) is 14.5. The third kappa shape index (κ3) is 3.24. The van der Waals surface area contributed by atoms with Crippen LogP contribution in [0, 0.1) is 0 Å². The minimum Gasteiger partial charge on any atom is -0.480 e. The second-order valence-corrected chi connectivity index (χ2v) is 4.79. The Labute approximate surface area is 117 Å². The molecule has 0 amide bonds. The lowest BCUT2D eigenvalue weighted by Gasteiger charge is -2.25. The second-order valence-electron chi connectivity index (χ2n) is 4.79. The number of rotatable bonds is 5. The van der Waals surface area contributed by atoms with E-state index in [1.54, 1.807) is 12.2 Å². The fourth-order valence-electron chi connectivity index (χ4n) is 2.49. The monoisotopic (exact) mass is 275 g/mol. The van der Waals surface area contributed by atoms with Gasteiger partial charge in [0.25, 0.3) is 0 Å². The SMILES string of the molecule is O=C(O)C(/C=C/c1ccccc1)N1CCCC1C(=O)O. The summed E-state index contributed by atoms with van der Waals surface area (Å²) in [6.45, 7) is 0.493. The Kier molecular flexibility index (Phi) is 4.53. The van der Waals surface area contributed by atoms with E-state index in [4.69, 9.17) is 5.11 Å². The number of hydrogen-bond acceptors (Lipinski definition) is 3. The molecule has 0 radical (unpaired) electrons. The van der Waals surface area contributed by atoms with Crippen LogP contribution in [0.5, 0.6) is 0 Å². The maximum atomic E-state index is 11.4. The predicted octanol–water partition coefficient (Wildman–Crippen LogP) is 1.70. The Bertz CT molecular complexity index is 512. The van der Waals surface area contributed by atoms with Crippen LogP contribution in [0.25, 0.3) is 6.08 Å². The Morgan fingerprint density at radius 1 is 1.25 bits per heavy atom. The Balaban J connectivity index is 2.17. The number of benzene rings is 1. The van der Waals surface area contributed by atoms with Crippen LogP contribution in [-0.2, 0) is 9.59 Å². The van der Waals surface area contributed by atoms with E-state index in [-0.39, 0.29) is 0 Å². The summed E-state index contributed by atoms with van der Waals surface area (Å²) >= 11 is 0. The van der Waals surface area contributed by atoms with Gasteiger partial charge in [-0.15, -0.1) is 0 Å². The van der Waals surface area contributed by atoms with Crippen LogP contribution in [0.1, 0.15) is 18.4 Å². The van der Waals surface area contributed by atoms with Crippen molar-refractivity contribution in [2.75, 3.05) is 6.54 Å². The highest BCUT2D eigenvalue weighted by Gasteiger charge is 2.37. The molecule has 0 spiro atoms. The summed E-state index contributed by atoms with van der Waals surface area (Å²) < 4.78 is 0. The maximum Gasteiger partial charge on any atom is 0.324 e. The number of hydrogen-bond donors (Lipinski definition) is 2. The van der Waals surface area contributed by atoms with Gasteiger partial charge in [0.15, 0.2) is 0 Å². The Morgan fingerprint density at radius 2 is 1.95 bits per heavy atom. The van der Waals surface area contributed by atoms with Crippen molar-refractivity contribution in [3.8, 4) is 0 Å². The first-order chi connectivity index (χ1) is 9.59. The third-order valence-electron chi connectivity index (χ3n) is 3.46.